The topological polar surface area (TPSA) is 59.0 Å². The molecule has 2 aliphatic heterocycles. The maximum absolute atomic E-state index is 15.8. The Balaban J connectivity index is 1.51. The van der Waals surface area contributed by atoms with E-state index in [4.69, 9.17) is 0 Å². The van der Waals surface area contributed by atoms with Gasteiger partial charge in [-0.2, -0.15) is 0 Å². The van der Waals surface area contributed by atoms with Gasteiger partial charge in [0, 0.05) is 37.1 Å². The minimum absolute atomic E-state index is 0.0220. The van der Waals surface area contributed by atoms with Gasteiger partial charge < -0.3 is 20.3 Å². The highest BCUT2D eigenvalue weighted by molar-refractivity contribution is 6.58. The lowest BCUT2D eigenvalue weighted by Gasteiger charge is -2.44. The van der Waals surface area contributed by atoms with Gasteiger partial charge in [-0.25, -0.2) is 13.2 Å². The van der Waals surface area contributed by atoms with Crippen LogP contribution < -0.4 is 15.7 Å². The summed E-state index contributed by atoms with van der Waals surface area (Å²) in [5.41, 5.74) is 2.50. The van der Waals surface area contributed by atoms with Crippen LogP contribution in [0.4, 0.5) is 28.9 Å². The van der Waals surface area contributed by atoms with E-state index < -0.39 is 30.6 Å². The van der Waals surface area contributed by atoms with E-state index in [-0.39, 0.29) is 24.3 Å². The average molecular weight is 527 g/mol. The Morgan fingerprint density at radius 2 is 1.66 bits per heavy atom. The van der Waals surface area contributed by atoms with Crippen molar-refractivity contribution in [3.63, 3.8) is 0 Å². The number of anilines is 2. The van der Waals surface area contributed by atoms with Crippen molar-refractivity contribution in [1.82, 2.24) is 4.90 Å². The van der Waals surface area contributed by atoms with Crippen LogP contribution in [0.1, 0.15) is 36.1 Å². The van der Waals surface area contributed by atoms with Gasteiger partial charge in [0.15, 0.2) is 0 Å². The first-order chi connectivity index (χ1) is 18.2. The summed E-state index contributed by atoms with van der Waals surface area (Å²) in [5, 5.41) is 22.5. The summed E-state index contributed by atoms with van der Waals surface area (Å²) < 4.78 is 57.7. The molecule has 2 aliphatic rings. The van der Waals surface area contributed by atoms with Gasteiger partial charge in [0.05, 0.1) is 24.3 Å². The molecule has 0 spiro atoms. The Hall–Kier alpha value is -3.08. The fourth-order valence-electron chi connectivity index (χ4n) is 5.65. The highest BCUT2D eigenvalue weighted by Crippen LogP contribution is 2.43. The van der Waals surface area contributed by atoms with Crippen molar-refractivity contribution in [2.24, 2.45) is 0 Å². The van der Waals surface area contributed by atoms with Gasteiger partial charge in [0.1, 0.15) is 17.5 Å². The SMILES string of the molecule is CC1Cc2cc(B(O)O)ccc2C(c2c(F)cc(NC3CN(CCCF)C3)cc2F)N1c1ccc(F)cc1. The van der Waals surface area contributed by atoms with Gasteiger partial charge in [-0.3, -0.25) is 9.29 Å². The molecule has 38 heavy (non-hydrogen) atoms. The number of fused-ring (bicyclic) bond motifs is 1. The Morgan fingerprint density at radius 3 is 2.29 bits per heavy atom. The predicted octanol–water partition coefficient (Wildman–Crippen LogP) is 3.78. The molecule has 0 radical (unpaired) electrons. The van der Waals surface area contributed by atoms with Crippen molar-refractivity contribution in [2.45, 2.75) is 37.9 Å². The lowest BCUT2D eigenvalue weighted by Crippen LogP contribution is -2.54. The molecule has 3 N–H and O–H groups in total. The fraction of sp³-hybridized carbons (Fsp3) is 0.357. The van der Waals surface area contributed by atoms with Crippen molar-refractivity contribution in [3.05, 3.63) is 88.7 Å². The third kappa shape index (κ3) is 5.25. The molecular formula is C28H30BF4N3O2. The first-order valence-corrected chi connectivity index (χ1v) is 12.8. The number of nitrogens with one attached hydrogen (secondary N) is 1. The quantitative estimate of drug-likeness (QED) is 0.308. The molecule has 3 aromatic carbocycles. The molecule has 2 unspecified atom stereocenters. The Morgan fingerprint density at radius 1 is 0.974 bits per heavy atom. The van der Waals surface area contributed by atoms with Crippen molar-refractivity contribution >= 4 is 24.0 Å². The highest BCUT2D eigenvalue weighted by Gasteiger charge is 2.37. The van der Waals surface area contributed by atoms with Gasteiger partial charge in [-0.1, -0.05) is 18.2 Å². The number of hydrogen-bond acceptors (Lipinski definition) is 5. The zero-order valence-electron chi connectivity index (χ0n) is 21.0. The third-order valence-electron chi connectivity index (χ3n) is 7.44. The number of likely N-dealkylation sites (tertiary alicyclic amines) is 1. The number of benzene rings is 3. The standard InChI is InChI=1S/C28H30BF4N3O2/c1-17-11-18-12-19(29(37)38)3-8-24(18)28(36(17)23-6-4-20(31)5-7-23)27-25(32)13-21(14-26(27)33)34-22-15-35(16-22)10-2-9-30/h3-8,12-14,17,22,28,34,37-38H,2,9-11,15-16H2,1H3. The molecule has 0 amide bonds. The normalized spacial score (nSPS) is 19.7. The number of hydrogen-bond donors (Lipinski definition) is 3. The number of halogens is 4. The molecule has 5 rings (SSSR count). The molecule has 10 heteroatoms. The molecule has 0 aliphatic carbocycles. The van der Waals surface area contributed by atoms with Crippen LogP contribution in [0, 0.1) is 17.5 Å². The van der Waals surface area contributed by atoms with Crippen LogP contribution in [-0.2, 0) is 6.42 Å². The molecule has 2 heterocycles. The van der Waals surface area contributed by atoms with Crippen molar-refractivity contribution in [1.29, 1.82) is 0 Å². The van der Waals surface area contributed by atoms with Crippen LogP contribution in [0.3, 0.4) is 0 Å². The van der Waals surface area contributed by atoms with Crippen LogP contribution in [-0.4, -0.2) is 60.5 Å². The largest absolute Gasteiger partial charge is 0.488 e. The van der Waals surface area contributed by atoms with Crippen LogP contribution in [0.15, 0.2) is 54.6 Å². The monoisotopic (exact) mass is 527 g/mol. The first-order valence-electron chi connectivity index (χ1n) is 12.8. The fourth-order valence-corrected chi connectivity index (χ4v) is 5.65. The molecule has 0 saturated carbocycles. The van der Waals surface area contributed by atoms with Gasteiger partial charge >= 0.3 is 7.12 Å². The zero-order valence-corrected chi connectivity index (χ0v) is 21.0. The summed E-state index contributed by atoms with van der Waals surface area (Å²) in [6.45, 7) is 3.56. The molecule has 2 atom stereocenters. The van der Waals surface area contributed by atoms with Crippen molar-refractivity contribution in [2.75, 3.05) is 36.5 Å². The van der Waals surface area contributed by atoms with Gasteiger partial charge in [0.2, 0.25) is 0 Å². The number of nitrogens with zero attached hydrogens (tertiary/aromatic N) is 2. The number of rotatable bonds is 8. The summed E-state index contributed by atoms with van der Waals surface area (Å²) in [6.07, 6.45) is 0.961. The summed E-state index contributed by atoms with van der Waals surface area (Å²) >= 11 is 0. The second-order valence-electron chi connectivity index (χ2n) is 10.2. The van der Waals surface area contributed by atoms with Crippen LogP contribution in [0.2, 0.25) is 0 Å². The highest BCUT2D eigenvalue weighted by atomic mass is 19.1. The summed E-state index contributed by atoms with van der Waals surface area (Å²) in [5.74, 6) is -1.85. The molecule has 3 aromatic rings. The smallest absolute Gasteiger partial charge is 0.423 e. The molecule has 5 nitrogen and oxygen atoms in total. The van der Waals surface area contributed by atoms with Crippen LogP contribution in [0.5, 0.6) is 0 Å². The first kappa shape index (κ1) is 26.5. The van der Waals surface area contributed by atoms with E-state index in [1.807, 2.05) is 11.8 Å². The lowest BCUT2D eigenvalue weighted by molar-refractivity contribution is 0.155. The van der Waals surface area contributed by atoms with Crippen LogP contribution >= 0.6 is 0 Å². The Labute approximate surface area is 219 Å². The molecule has 1 saturated heterocycles. The second kappa shape index (κ2) is 11.0. The van der Waals surface area contributed by atoms with E-state index in [1.165, 1.54) is 30.3 Å². The van der Waals surface area contributed by atoms with E-state index in [9.17, 15) is 18.8 Å². The van der Waals surface area contributed by atoms with Gasteiger partial charge in [-0.05, 0) is 72.8 Å². The predicted molar refractivity (Wildman–Crippen MR) is 141 cm³/mol. The average Bonchev–Trinajstić information content (AvgIpc) is 2.85. The Kier molecular flexibility index (Phi) is 7.65. The van der Waals surface area contributed by atoms with Crippen molar-refractivity contribution < 1.29 is 27.6 Å². The summed E-state index contributed by atoms with van der Waals surface area (Å²) in [7, 11) is -1.66. The third-order valence-corrected chi connectivity index (χ3v) is 7.44. The van der Waals surface area contributed by atoms with E-state index >= 15 is 8.78 Å². The maximum Gasteiger partial charge on any atom is 0.488 e. The van der Waals surface area contributed by atoms with Crippen molar-refractivity contribution in [3.8, 4) is 0 Å². The van der Waals surface area contributed by atoms with E-state index in [0.29, 0.717) is 54.9 Å². The minimum atomic E-state index is -1.66. The molecule has 1 fully saturated rings. The zero-order chi connectivity index (χ0) is 27.0. The molecule has 0 bridgehead atoms. The van der Waals surface area contributed by atoms with Crippen LogP contribution in [0.25, 0.3) is 0 Å². The summed E-state index contributed by atoms with van der Waals surface area (Å²) in [6, 6.07) is 12.2. The maximum atomic E-state index is 15.8. The number of alkyl halides is 1. The summed E-state index contributed by atoms with van der Waals surface area (Å²) in [4.78, 5) is 3.96. The molecule has 200 valence electrons. The van der Waals surface area contributed by atoms with Gasteiger partial charge in [0.25, 0.3) is 0 Å². The second-order valence-corrected chi connectivity index (χ2v) is 10.2. The molecule has 0 aromatic heterocycles. The van der Waals surface area contributed by atoms with E-state index in [1.54, 1.807) is 24.3 Å². The Bertz CT molecular complexity index is 1260. The lowest BCUT2D eigenvalue weighted by atomic mass is 9.75. The van der Waals surface area contributed by atoms with E-state index in [0.717, 1.165) is 5.56 Å². The minimum Gasteiger partial charge on any atom is -0.423 e. The van der Waals surface area contributed by atoms with E-state index in [2.05, 4.69) is 10.2 Å². The molecular weight excluding hydrogens is 497 g/mol. The van der Waals surface area contributed by atoms with Gasteiger partial charge in [-0.15, -0.1) is 0 Å².